The van der Waals surface area contributed by atoms with Gasteiger partial charge in [0.25, 0.3) is 5.69 Å². The number of fused-ring (bicyclic) bond motifs is 1. The van der Waals surface area contributed by atoms with Crippen LogP contribution in [0.1, 0.15) is 5.56 Å². The molecule has 2 aromatic heterocycles. The lowest BCUT2D eigenvalue weighted by atomic mass is 10.2. The highest BCUT2D eigenvalue weighted by Crippen LogP contribution is 2.26. The molecule has 8 heteroatoms. The number of hydrogen-bond acceptors (Lipinski definition) is 6. The topological polar surface area (TPSA) is 99.3 Å². The lowest BCUT2D eigenvalue weighted by Crippen LogP contribution is -1.96. The molecule has 2 N–H and O–H groups in total. The molecule has 0 unspecified atom stereocenters. The fourth-order valence-corrected chi connectivity index (χ4v) is 2.79. The van der Waals surface area contributed by atoms with E-state index in [0.29, 0.717) is 5.75 Å². The number of hydrogen-bond donors (Lipinski definition) is 1. The van der Waals surface area contributed by atoms with Gasteiger partial charge in [-0.15, -0.1) is 10.2 Å². The molecule has 0 atom stereocenters. The van der Waals surface area contributed by atoms with Crippen molar-refractivity contribution in [1.82, 2.24) is 14.6 Å². The molecule has 2 heterocycles. The Morgan fingerprint density at radius 3 is 2.90 bits per heavy atom. The summed E-state index contributed by atoms with van der Waals surface area (Å²) in [6, 6.07) is 10.4. The zero-order valence-electron chi connectivity index (χ0n) is 10.8. The van der Waals surface area contributed by atoms with E-state index in [9.17, 15) is 10.1 Å². The molecule has 0 saturated heterocycles. The summed E-state index contributed by atoms with van der Waals surface area (Å²) in [5.41, 5.74) is 7.46. The van der Waals surface area contributed by atoms with E-state index >= 15 is 0 Å². The van der Waals surface area contributed by atoms with Crippen LogP contribution in [0.2, 0.25) is 0 Å². The smallest absolute Gasteiger partial charge is 0.292 e. The summed E-state index contributed by atoms with van der Waals surface area (Å²) in [7, 11) is 0. The highest BCUT2D eigenvalue weighted by Gasteiger charge is 2.12. The van der Waals surface area contributed by atoms with Gasteiger partial charge in [-0.2, -0.15) is 0 Å². The van der Waals surface area contributed by atoms with Gasteiger partial charge < -0.3 is 5.73 Å². The van der Waals surface area contributed by atoms with E-state index in [-0.39, 0.29) is 11.4 Å². The number of nitro groups is 1. The average Bonchev–Trinajstić information content (AvgIpc) is 2.88. The summed E-state index contributed by atoms with van der Waals surface area (Å²) in [5.74, 6) is 0.609. The van der Waals surface area contributed by atoms with Gasteiger partial charge in [0.1, 0.15) is 5.69 Å². The molecule has 3 aromatic rings. The van der Waals surface area contributed by atoms with Crippen LogP contribution in [0.15, 0.2) is 47.8 Å². The quantitative estimate of drug-likeness (QED) is 0.344. The third kappa shape index (κ3) is 2.65. The van der Waals surface area contributed by atoms with E-state index in [1.165, 1.54) is 17.8 Å². The number of anilines is 1. The second-order valence-corrected chi connectivity index (χ2v) is 5.29. The Balaban J connectivity index is 1.79. The summed E-state index contributed by atoms with van der Waals surface area (Å²) >= 11 is 1.50. The highest BCUT2D eigenvalue weighted by atomic mass is 32.2. The van der Waals surface area contributed by atoms with Crippen LogP contribution in [0, 0.1) is 10.1 Å². The Bertz CT molecular complexity index is 817. The largest absolute Gasteiger partial charge is 0.393 e. The van der Waals surface area contributed by atoms with Crippen LogP contribution in [0.25, 0.3) is 5.65 Å². The van der Waals surface area contributed by atoms with Gasteiger partial charge in [-0.25, -0.2) is 0 Å². The first-order valence-corrected chi connectivity index (χ1v) is 7.09. The predicted molar refractivity (Wildman–Crippen MR) is 80.1 cm³/mol. The number of benzene rings is 1. The maximum Gasteiger partial charge on any atom is 0.292 e. The van der Waals surface area contributed by atoms with E-state index in [1.807, 2.05) is 28.8 Å². The highest BCUT2D eigenvalue weighted by molar-refractivity contribution is 7.98. The monoisotopic (exact) mass is 301 g/mol. The van der Waals surface area contributed by atoms with Gasteiger partial charge in [0.2, 0.25) is 0 Å². The summed E-state index contributed by atoms with van der Waals surface area (Å²) < 4.78 is 1.89. The summed E-state index contributed by atoms with van der Waals surface area (Å²) in [6.07, 6.45) is 1.89. The SMILES string of the molecule is Nc1cc(CSc2nnc3ccccn23)ccc1[N+](=O)[O-]. The number of nitrogens with two attached hydrogens (primary N) is 1. The summed E-state index contributed by atoms with van der Waals surface area (Å²) in [5, 5.41) is 19.7. The third-order valence-corrected chi connectivity index (χ3v) is 3.95. The Morgan fingerprint density at radius 2 is 2.14 bits per heavy atom. The Hall–Kier alpha value is -2.61. The fraction of sp³-hybridized carbons (Fsp3) is 0.0769. The molecule has 1 aromatic carbocycles. The van der Waals surface area contributed by atoms with Gasteiger partial charge in [0.15, 0.2) is 10.8 Å². The molecule has 0 aliphatic rings. The van der Waals surface area contributed by atoms with E-state index in [1.54, 1.807) is 12.1 Å². The Kier molecular flexibility index (Phi) is 3.44. The summed E-state index contributed by atoms with van der Waals surface area (Å²) in [6.45, 7) is 0. The molecule has 0 spiro atoms. The van der Waals surface area contributed by atoms with Crippen molar-refractivity contribution >= 4 is 28.8 Å². The molecular formula is C13H11N5O2S. The van der Waals surface area contributed by atoms with Gasteiger partial charge >= 0.3 is 0 Å². The average molecular weight is 301 g/mol. The molecule has 0 saturated carbocycles. The van der Waals surface area contributed by atoms with Crippen LogP contribution in [0.3, 0.4) is 0 Å². The first-order chi connectivity index (χ1) is 10.1. The van der Waals surface area contributed by atoms with Crippen molar-refractivity contribution in [3.8, 4) is 0 Å². The maximum absolute atomic E-state index is 10.7. The van der Waals surface area contributed by atoms with Crippen molar-refractivity contribution in [2.45, 2.75) is 10.9 Å². The van der Waals surface area contributed by atoms with Crippen molar-refractivity contribution in [2.75, 3.05) is 5.73 Å². The third-order valence-electron chi connectivity index (χ3n) is 2.94. The molecule has 3 rings (SSSR count). The van der Waals surface area contributed by atoms with E-state index in [0.717, 1.165) is 16.4 Å². The van der Waals surface area contributed by atoms with Crippen LogP contribution in [0.5, 0.6) is 0 Å². The number of rotatable bonds is 4. The predicted octanol–water partition coefficient (Wildman–Crippen LogP) is 2.51. The van der Waals surface area contributed by atoms with Gasteiger partial charge in [-0.3, -0.25) is 14.5 Å². The first-order valence-electron chi connectivity index (χ1n) is 6.10. The minimum Gasteiger partial charge on any atom is -0.393 e. The van der Waals surface area contributed by atoms with E-state index in [2.05, 4.69) is 10.2 Å². The van der Waals surface area contributed by atoms with Crippen LogP contribution < -0.4 is 5.73 Å². The minimum atomic E-state index is -0.488. The molecule has 7 nitrogen and oxygen atoms in total. The molecule has 0 aliphatic carbocycles. The van der Waals surface area contributed by atoms with E-state index in [4.69, 9.17) is 5.73 Å². The number of pyridine rings is 1. The number of aromatic nitrogens is 3. The van der Waals surface area contributed by atoms with Gasteiger partial charge in [0, 0.05) is 18.0 Å². The zero-order valence-corrected chi connectivity index (χ0v) is 11.7. The number of nitrogen functional groups attached to an aromatic ring is 1. The first kappa shape index (κ1) is 13.4. The number of nitrogens with zero attached hydrogens (tertiary/aromatic N) is 4. The molecular weight excluding hydrogens is 290 g/mol. The summed E-state index contributed by atoms with van der Waals surface area (Å²) in [4.78, 5) is 10.2. The molecule has 21 heavy (non-hydrogen) atoms. The lowest BCUT2D eigenvalue weighted by molar-refractivity contribution is -0.383. The molecule has 0 amide bonds. The molecule has 0 radical (unpaired) electrons. The van der Waals surface area contributed by atoms with Crippen molar-refractivity contribution < 1.29 is 4.92 Å². The standard InChI is InChI=1S/C13H11N5O2S/c14-10-7-9(4-5-11(10)18(19)20)8-21-13-16-15-12-3-1-2-6-17(12)13/h1-7H,8,14H2. The normalized spacial score (nSPS) is 10.9. The fourth-order valence-electron chi connectivity index (χ4n) is 1.93. The van der Waals surface area contributed by atoms with Crippen LogP contribution in [-0.2, 0) is 5.75 Å². The Morgan fingerprint density at radius 1 is 1.29 bits per heavy atom. The lowest BCUT2D eigenvalue weighted by Gasteiger charge is -2.03. The number of thioether (sulfide) groups is 1. The van der Waals surface area contributed by atoms with Gasteiger partial charge in [0.05, 0.1) is 4.92 Å². The zero-order chi connectivity index (χ0) is 14.8. The molecule has 106 valence electrons. The van der Waals surface area contributed by atoms with E-state index < -0.39 is 4.92 Å². The van der Waals surface area contributed by atoms with Crippen molar-refractivity contribution in [3.63, 3.8) is 0 Å². The molecule has 0 aliphatic heterocycles. The van der Waals surface area contributed by atoms with Crippen LogP contribution >= 0.6 is 11.8 Å². The van der Waals surface area contributed by atoms with Gasteiger partial charge in [-0.05, 0) is 23.8 Å². The maximum atomic E-state index is 10.7. The second-order valence-electron chi connectivity index (χ2n) is 4.35. The minimum absolute atomic E-state index is 0.0725. The molecule has 0 bridgehead atoms. The second kappa shape index (κ2) is 5.41. The van der Waals surface area contributed by atoms with Crippen molar-refractivity contribution in [3.05, 3.63) is 58.3 Å². The van der Waals surface area contributed by atoms with Crippen LogP contribution in [0.4, 0.5) is 11.4 Å². The number of nitro benzene ring substituents is 1. The molecule has 0 fully saturated rings. The van der Waals surface area contributed by atoms with Crippen molar-refractivity contribution in [2.24, 2.45) is 0 Å². The van der Waals surface area contributed by atoms with Crippen molar-refractivity contribution in [1.29, 1.82) is 0 Å². The van der Waals surface area contributed by atoms with Gasteiger partial charge in [-0.1, -0.05) is 23.9 Å². The van der Waals surface area contributed by atoms with Crippen LogP contribution in [-0.4, -0.2) is 19.5 Å². The Labute approximate surface area is 123 Å².